The van der Waals surface area contributed by atoms with Crippen LogP contribution < -0.4 is 15.3 Å². The molecule has 192 valence electrons. The first-order valence-corrected chi connectivity index (χ1v) is 13.0. The number of para-hydroxylation sites is 1. The summed E-state index contributed by atoms with van der Waals surface area (Å²) in [7, 11) is -4.06. The van der Waals surface area contributed by atoms with Gasteiger partial charge in [0.05, 0.1) is 12.7 Å². The predicted octanol–water partition coefficient (Wildman–Crippen LogP) is 3.34. The van der Waals surface area contributed by atoms with Gasteiger partial charge in [0.1, 0.15) is 18.4 Å². The lowest BCUT2D eigenvalue weighted by Crippen LogP contribution is -2.37. The van der Waals surface area contributed by atoms with Crippen LogP contribution in [0.2, 0.25) is 0 Å². The van der Waals surface area contributed by atoms with Crippen LogP contribution in [0.15, 0.2) is 47.4 Å². The van der Waals surface area contributed by atoms with Crippen LogP contribution in [-0.4, -0.2) is 47.2 Å². The van der Waals surface area contributed by atoms with Crippen LogP contribution in [0, 0.1) is 6.92 Å². The molecule has 1 saturated heterocycles. The maximum absolute atomic E-state index is 13.6. The van der Waals surface area contributed by atoms with Crippen molar-refractivity contribution in [3.63, 3.8) is 0 Å². The van der Waals surface area contributed by atoms with E-state index in [1.54, 1.807) is 56.4 Å². The van der Waals surface area contributed by atoms with Crippen molar-refractivity contribution in [2.75, 3.05) is 13.2 Å². The molecule has 3 rings (SSSR count). The van der Waals surface area contributed by atoms with Gasteiger partial charge in [-0.2, -0.15) is 10.1 Å². The molecule has 1 aliphatic heterocycles. The molecule has 1 fully saturated rings. The minimum absolute atomic E-state index is 0.0774. The highest BCUT2D eigenvalue weighted by molar-refractivity contribution is 7.52. The molecule has 1 aromatic carbocycles. The highest BCUT2D eigenvalue weighted by Gasteiger charge is 2.36. The predicted molar refractivity (Wildman–Crippen MR) is 127 cm³/mol. The van der Waals surface area contributed by atoms with E-state index in [-0.39, 0.29) is 25.1 Å². The maximum Gasteiger partial charge on any atom is 0.459 e. The van der Waals surface area contributed by atoms with Crippen molar-refractivity contribution >= 4 is 13.7 Å². The zero-order chi connectivity index (χ0) is 25.4. The summed E-state index contributed by atoms with van der Waals surface area (Å²) in [6.45, 7) is 6.81. The molecule has 2 aromatic rings. The average molecular weight is 509 g/mol. The molecule has 1 N–H and O–H groups in total. The van der Waals surface area contributed by atoms with E-state index >= 15 is 0 Å². The van der Waals surface area contributed by atoms with Crippen LogP contribution in [0.5, 0.6) is 5.75 Å². The maximum atomic E-state index is 13.6. The summed E-state index contributed by atoms with van der Waals surface area (Å²) in [4.78, 5) is 28.5. The number of carbonyl (C=O) groups is 1. The molecule has 1 aliphatic rings. The van der Waals surface area contributed by atoms with E-state index in [9.17, 15) is 14.2 Å². The number of aromatic nitrogens is 2. The summed E-state index contributed by atoms with van der Waals surface area (Å²) in [5.74, 6) is -0.294. The first-order chi connectivity index (χ1) is 16.7. The second-order valence-corrected chi connectivity index (χ2v) is 9.89. The molecule has 0 aliphatic carbocycles. The smallest absolute Gasteiger partial charge is 0.459 e. The zero-order valence-electron chi connectivity index (χ0n) is 20.3. The monoisotopic (exact) mass is 509 g/mol. The Labute approximate surface area is 204 Å². The highest BCUT2D eigenvalue weighted by Crippen LogP contribution is 2.45. The Morgan fingerprint density at radius 1 is 1.29 bits per heavy atom. The van der Waals surface area contributed by atoms with Gasteiger partial charge < -0.3 is 18.7 Å². The van der Waals surface area contributed by atoms with Crippen molar-refractivity contribution in [1.82, 2.24) is 14.6 Å². The lowest BCUT2D eigenvalue weighted by molar-refractivity contribution is -0.150. The zero-order valence-corrected chi connectivity index (χ0v) is 21.2. The molecular formula is C23H32N3O8P. The summed E-state index contributed by atoms with van der Waals surface area (Å²) >= 11 is 0. The van der Waals surface area contributed by atoms with E-state index in [4.69, 9.17) is 23.3 Å². The fourth-order valence-electron chi connectivity index (χ4n) is 3.32. The standard InChI is InChI=1S/C23H32N3O8P/c1-5-9-17(3)32-22(27)18(4)25-35(29,34-19-10-7-6-8-11-19)31-15-21-30-14-20(33-21)26-13-12-16(2)24-23(26)28/h6-8,10-13,17-18,20-21H,5,9,14-15H2,1-4H3,(H,25,29)/t17-,18-,20-,21-,35+/m0/s1. The topological polar surface area (TPSA) is 127 Å². The Bertz CT molecular complexity index is 1080. The van der Waals surface area contributed by atoms with E-state index in [1.165, 1.54) is 11.5 Å². The molecule has 35 heavy (non-hydrogen) atoms. The number of nitrogens with zero attached hydrogens (tertiary/aromatic N) is 2. The lowest BCUT2D eigenvalue weighted by Gasteiger charge is -2.24. The van der Waals surface area contributed by atoms with Crippen molar-refractivity contribution in [3.05, 3.63) is 58.8 Å². The first kappa shape index (κ1) is 27.0. The van der Waals surface area contributed by atoms with Crippen LogP contribution >= 0.6 is 7.75 Å². The summed E-state index contributed by atoms with van der Waals surface area (Å²) in [5, 5.41) is 2.63. The van der Waals surface area contributed by atoms with Crippen molar-refractivity contribution < 1.29 is 32.6 Å². The number of aryl methyl sites for hydroxylation is 1. The molecule has 2 heterocycles. The third kappa shape index (κ3) is 7.98. The number of hydrogen-bond acceptors (Lipinski definition) is 9. The second-order valence-electron chi connectivity index (χ2n) is 8.20. The van der Waals surface area contributed by atoms with Crippen LogP contribution in [0.1, 0.15) is 45.5 Å². The lowest BCUT2D eigenvalue weighted by atomic mass is 10.2. The Hall–Kier alpha value is -2.56. The van der Waals surface area contributed by atoms with Gasteiger partial charge in [-0.3, -0.25) is 13.9 Å². The first-order valence-electron chi connectivity index (χ1n) is 11.5. The number of carbonyl (C=O) groups excluding carboxylic acids is 1. The van der Waals surface area contributed by atoms with Gasteiger partial charge in [-0.1, -0.05) is 31.5 Å². The number of nitrogens with one attached hydrogen (secondary N) is 1. The van der Waals surface area contributed by atoms with Crippen LogP contribution in [0.3, 0.4) is 0 Å². The van der Waals surface area contributed by atoms with Gasteiger partial charge in [0, 0.05) is 11.9 Å². The van der Waals surface area contributed by atoms with Crippen LogP contribution in [-0.2, 0) is 28.1 Å². The summed E-state index contributed by atoms with van der Waals surface area (Å²) in [6, 6.07) is 9.14. The van der Waals surface area contributed by atoms with E-state index < -0.39 is 38.0 Å². The van der Waals surface area contributed by atoms with Crippen LogP contribution in [0.25, 0.3) is 0 Å². The molecule has 11 nitrogen and oxygen atoms in total. The molecule has 0 bridgehead atoms. The van der Waals surface area contributed by atoms with Crippen molar-refractivity contribution in [3.8, 4) is 5.75 Å². The normalized spacial score (nSPS) is 21.1. The van der Waals surface area contributed by atoms with Gasteiger partial charge in [-0.05, 0) is 45.4 Å². The summed E-state index contributed by atoms with van der Waals surface area (Å²) < 4.78 is 42.7. The van der Waals surface area contributed by atoms with E-state index in [0.717, 1.165) is 6.42 Å². The Morgan fingerprint density at radius 3 is 2.71 bits per heavy atom. The molecule has 5 atom stereocenters. The van der Waals surface area contributed by atoms with Crippen molar-refractivity contribution in [2.45, 2.75) is 65.2 Å². The second kappa shape index (κ2) is 12.4. The van der Waals surface area contributed by atoms with Gasteiger partial charge in [-0.25, -0.2) is 9.36 Å². The molecule has 0 spiro atoms. The Morgan fingerprint density at radius 2 is 2.03 bits per heavy atom. The Kier molecular flexibility index (Phi) is 9.59. The summed E-state index contributed by atoms with van der Waals surface area (Å²) in [6.07, 6.45) is 1.24. The third-order valence-corrected chi connectivity index (χ3v) is 6.72. The van der Waals surface area contributed by atoms with Gasteiger partial charge >= 0.3 is 19.4 Å². The largest absolute Gasteiger partial charge is 0.462 e. The minimum Gasteiger partial charge on any atom is -0.462 e. The van der Waals surface area contributed by atoms with E-state index in [0.29, 0.717) is 12.1 Å². The molecule has 0 saturated carbocycles. The number of benzene rings is 1. The van der Waals surface area contributed by atoms with Gasteiger partial charge in [0.2, 0.25) is 0 Å². The fourth-order valence-corrected chi connectivity index (χ4v) is 4.80. The Balaban J connectivity index is 1.65. The number of ether oxygens (including phenoxy) is 3. The van der Waals surface area contributed by atoms with Gasteiger partial charge in [-0.15, -0.1) is 0 Å². The number of esters is 1. The summed E-state index contributed by atoms with van der Waals surface area (Å²) in [5.41, 5.74) is 0.122. The van der Waals surface area contributed by atoms with Gasteiger partial charge in [0.15, 0.2) is 12.5 Å². The quantitative estimate of drug-likeness (QED) is 0.336. The number of hydrogen-bond donors (Lipinski definition) is 1. The van der Waals surface area contributed by atoms with Crippen LogP contribution in [0.4, 0.5) is 0 Å². The molecule has 0 radical (unpaired) electrons. The molecule has 12 heteroatoms. The highest BCUT2D eigenvalue weighted by atomic mass is 31.2. The molecule has 1 aromatic heterocycles. The average Bonchev–Trinajstić information content (AvgIpc) is 3.27. The van der Waals surface area contributed by atoms with Crippen molar-refractivity contribution in [2.24, 2.45) is 0 Å². The molecular weight excluding hydrogens is 477 g/mol. The number of rotatable bonds is 12. The van der Waals surface area contributed by atoms with E-state index in [1.807, 2.05) is 6.92 Å². The SMILES string of the molecule is CCC[C@H](C)OC(=O)[C@H](C)N[P@@](=O)(OC[C@H]1OC[C@@H](n2ccc(C)nc2=O)O1)Oc1ccccc1. The van der Waals surface area contributed by atoms with Crippen molar-refractivity contribution in [1.29, 1.82) is 0 Å². The molecule has 0 unspecified atom stereocenters. The van der Waals surface area contributed by atoms with Gasteiger partial charge in [0.25, 0.3) is 0 Å². The fraction of sp³-hybridized carbons (Fsp3) is 0.522. The minimum atomic E-state index is -4.06. The van der Waals surface area contributed by atoms with E-state index in [2.05, 4.69) is 10.1 Å². The molecule has 0 amide bonds. The third-order valence-electron chi connectivity index (χ3n) is 5.08.